The van der Waals surface area contributed by atoms with E-state index < -0.39 is 18.9 Å². The molecule has 0 aromatic heterocycles. The Balaban J connectivity index is 2.19. The Hall–Kier alpha value is -3.75. The molecule has 2 N–H and O–H groups in total. The molecule has 1 atom stereocenters. The molecule has 0 saturated heterocycles. The number of benzene rings is 2. The molecular weight excluding hydrogens is 546 g/mol. The molecule has 0 saturated carbocycles. The minimum atomic E-state index is -0.849. The van der Waals surface area contributed by atoms with Gasteiger partial charge in [0.15, 0.2) is 0 Å². The second kappa shape index (κ2) is 18.7. The maximum absolute atomic E-state index is 13.1. The Morgan fingerprint density at radius 3 is 2.12 bits per heavy atom. The molecule has 9 heteroatoms. The summed E-state index contributed by atoms with van der Waals surface area (Å²) < 4.78 is 15.0. The Kier molecular flexibility index (Phi) is 15.4. The summed E-state index contributed by atoms with van der Waals surface area (Å²) in [5.74, 6) is 0.192. The fourth-order valence-corrected chi connectivity index (χ4v) is 4.71. The predicted molar refractivity (Wildman–Crippen MR) is 173 cm³/mol. The van der Waals surface area contributed by atoms with E-state index in [0.717, 1.165) is 49.2 Å². The van der Waals surface area contributed by atoms with E-state index in [9.17, 15) is 14.4 Å². The number of nitrogens with one attached hydrogen (secondary N) is 2. The Morgan fingerprint density at radius 1 is 0.837 bits per heavy atom. The van der Waals surface area contributed by atoms with Crippen LogP contribution in [0, 0.1) is 18.8 Å². The normalized spacial score (nSPS) is 11.7. The van der Waals surface area contributed by atoms with Crippen LogP contribution in [0.15, 0.2) is 42.5 Å². The minimum Gasteiger partial charge on any atom is -0.434 e. The summed E-state index contributed by atoms with van der Waals surface area (Å²) >= 11 is 0. The standard InChI is InChI=1S/C34H51N3O6/c1-8-10-11-18-41-34(40)43-23-42-32(38)20-27(9-2)28-14-17-31(37(21-24(3)4)22-25(5)6)30(19-28)36-33(39)35-29-15-12-26(7)13-16-29/h12-17,19,24-25,27H,8-11,18,20-23H2,1-7H3,(H2,35,36,39)/t27-/m0/s1. The lowest BCUT2D eigenvalue weighted by Crippen LogP contribution is -2.32. The van der Waals surface area contributed by atoms with E-state index in [-0.39, 0.29) is 25.0 Å². The highest BCUT2D eigenvalue weighted by atomic mass is 16.8. The number of rotatable bonds is 17. The molecule has 0 fully saturated rings. The molecule has 0 bridgehead atoms. The molecule has 0 aliphatic rings. The van der Waals surface area contributed by atoms with Crippen LogP contribution in [-0.2, 0) is 19.0 Å². The van der Waals surface area contributed by atoms with Crippen LogP contribution in [0.5, 0.6) is 0 Å². The lowest BCUT2D eigenvalue weighted by atomic mass is 9.92. The highest BCUT2D eigenvalue weighted by molar-refractivity contribution is 6.02. The number of nitrogens with zero attached hydrogens (tertiary/aromatic N) is 1. The highest BCUT2D eigenvalue weighted by Crippen LogP contribution is 2.34. The van der Waals surface area contributed by atoms with Crippen molar-refractivity contribution in [1.29, 1.82) is 0 Å². The van der Waals surface area contributed by atoms with Gasteiger partial charge in [-0.15, -0.1) is 0 Å². The lowest BCUT2D eigenvalue weighted by molar-refractivity contribution is -0.153. The molecular formula is C34H51N3O6. The first kappa shape index (κ1) is 35.4. The number of carbonyl (C=O) groups is 3. The highest BCUT2D eigenvalue weighted by Gasteiger charge is 2.21. The summed E-state index contributed by atoms with van der Waals surface area (Å²) in [5, 5.41) is 5.98. The third kappa shape index (κ3) is 13.4. The number of hydrogen-bond acceptors (Lipinski definition) is 7. The minimum absolute atomic E-state index is 0.0987. The van der Waals surface area contributed by atoms with E-state index in [2.05, 4.69) is 50.2 Å². The molecule has 0 unspecified atom stereocenters. The van der Waals surface area contributed by atoms with E-state index in [1.807, 2.05) is 56.3 Å². The van der Waals surface area contributed by atoms with Crippen molar-refractivity contribution in [3.8, 4) is 0 Å². The molecule has 2 aromatic carbocycles. The van der Waals surface area contributed by atoms with Crippen molar-refractivity contribution < 1.29 is 28.6 Å². The Labute approximate surface area is 257 Å². The van der Waals surface area contributed by atoms with Crippen molar-refractivity contribution in [2.45, 2.75) is 86.5 Å². The molecule has 43 heavy (non-hydrogen) atoms. The summed E-state index contributed by atoms with van der Waals surface area (Å²) in [6.07, 6.45) is 2.67. The molecule has 0 aliphatic heterocycles. The zero-order chi connectivity index (χ0) is 31.8. The van der Waals surface area contributed by atoms with Crippen LogP contribution in [0.25, 0.3) is 0 Å². The van der Waals surface area contributed by atoms with E-state index in [0.29, 0.717) is 29.6 Å². The fourth-order valence-electron chi connectivity index (χ4n) is 4.71. The van der Waals surface area contributed by atoms with Crippen LogP contribution in [0.4, 0.5) is 26.7 Å². The van der Waals surface area contributed by atoms with Crippen LogP contribution in [-0.4, -0.2) is 44.6 Å². The van der Waals surface area contributed by atoms with Gasteiger partial charge >= 0.3 is 18.2 Å². The molecule has 238 valence electrons. The molecule has 0 heterocycles. The number of ether oxygens (including phenoxy) is 3. The van der Waals surface area contributed by atoms with Crippen molar-refractivity contribution in [2.24, 2.45) is 11.8 Å². The summed E-state index contributed by atoms with van der Waals surface area (Å²) in [4.78, 5) is 39.7. The van der Waals surface area contributed by atoms with Gasteiger partial charge < -0.3 is 29.7 Å². The maximum atomic E-state index is 13.1. The van der Waals surface area contributed by atoms with Gasteiger partial charge in [0, 0.05) is 18.8 Å². The van der Waals surface area contributed by atoms with Gasteiger partial charge in [-0.1, -0.05) is 78.1 Å². The third-order valence-electron chi connectivity index (χ3n) is 6.83. The number of aryl methyl sites for hydroxylation is 1. The van der Waals surface area contributed by atoms with Gasteiger partial charge in [0.25, 0.3) is 0 Å². The largest absolute Gasteiger partial charge is 0.511 e. The molecule has 2 amide bonds. The van der Waals surface area contributed by atoms with Crippen molar-refractivity contribution in [1.82, 2.24) is 0 Å². The predicted octanol–water partition coefficient (Wildman–Crippen LogP) is 8.49. The van der Waals surface area contributed by atoms with Crippen molar-refractivity contribution in [2.75, 3.05) is 42.0 Å². The SMILES string of the molecule is CCCCCOC(=O)OCOC(=O)C[C@H](CC)c1ccc(N(CC(C)C)CC(C)C)c(NC(=O)Nc2ccc(C)cc2)c1. The van der Waals surface area contributed by atoms with E-state index in [1.165, 1.54) is 0 Å². The van der Waals surface area contributed by atoms with Gasteiger partial charge in [0.05, 0.1) is 24.4 Å². The first-order chi connectivity index (χ1) is 20.5. The summed E-state index contributed by atoms with van der Waals surface area (Å²) in [6, 6.07) is 13.3. The molecule has 0 aliphatic carbocycles. The van der Waals surface area contributed by atoms with E-state index in [1.54, 1.807) is 0 Å². The zero-order valence-electron chi connectivity index (χ0n) is 27.0. The van der Waals surface area contributed by atoms with E-state index in [4.69, 9.17) is 14.2 Å². The molecule has 9 nitrogen and oxygen atoms in total. The average molecular weight is 598 g/mol. The van der Waals surface area contributed by atoms with Crippen LogP contribution < -0.4 is 15.5 Å². The number of urea groups is 1. The smallest absolute Gasteiger partial charge is 0.434 e. The number of anilines is 3. The Bertz CT molecular complexity index is 1140. The van der Waals surface area contributed by atoms with Gasteiger partial charge in [0.2, 0.25) is 6.79 Å². The second-order valence-corrected chi connectivity index (χ2v) is 11.8. The zero-order valence-corrected chi connectivity index (χ0v) is 27.0. The van der Waals surface area contributed by atoms with Gasteiger partial charge in [-0.2, -0.15) is 0 Å². The number of hydrogen-bond donors (Lipinski definition) is 2. The Morgan fingerprint density at radius 2 is 1.51 bits per heavy atom. The van der Waals surface area contributed by atoms with Crippen molar-refractivity contribution in [3.05, 3.63) is 53.6 Å². The van der Waals surface area contributed by atoms with Crippen molar-refractivity contribution >= 4 is 35.2 Å². The van der Waals surface area contributed by atoms with Crippen molar-refractivity contribution in [3.63, 3.8) is 0 Å². The van der Waals surface area contributed by atoms with Gasteiger partial charge in [-0.3, -0.25) is 4.79 Å². The van der Waals surface area contributed by atoms with E-state index >= 15 is 0 Å². The van der Waals surface area contributed by atoms with Gasteiger partial charge in [-0.25, -0.2) is 9.59 Å². The third-order valence-corrected chi connectivity index (χ3v) is 6.83. The van der Waals surface area contributed by atoms with Crippen LogP contribution in [0.3, 0.4) is 0 Å². The lowest BCUT2D eigenvalue weighted by Gasteiger charge is -2.31. The molecule has 0 radical (unpaired) electrons. The number of esters is 1. The monoisotopic (exact) mass is 597 g/mol. The number of carbonyl (C=O) groups excluding carboxylic acids is 3. The van der Waals surface area contributed by atoms with Crippen LogP contribution in [0.1, 0.15) is 90.7 Å². The average Bonchev–Trinajstić information content (AvgIpc) is 2.94. The summed E-state index contributed by atoms with van der Waals surface area (Å²) in [7, 11) is 0. The molecule has 2 aromatic rings. The molecule has 0 spiro atoms. The quantitative estimate of drug-likeness (QED) is 0.107. The van der Waals surface area contributed by atoms with Crippen LogP contribution >= 0.6 is 0 Å². The topological polar surface area (TPSA) is 106 Å². The molecule has 2 rings (SSSR count). The van der Waals surface area contributed by atoms with Gasteiger partial charge in [-0.05, 0) is 67.3 Å². The second-order valence-electron chi connectivity index (χ2n) is 11.8. The first-order valence-electron chi connectivity index (χ1n) is 15.5. The maximum Gasteiger partial charge on any atom is 0.511 e. The number of amides is 2. The summed E-state index contributed by atoms with van der Waals surface area (Å²) in [6.45, 7) is 16.2. The fraction of sp³-hybridized carbons (Fsp3) is 0.559. The summed E-state index contributed by atoms with van der Waals surface area (Å²) in [5.41, 5.74) is 4.30. The first-order valence-corrected chi connectivity index (χ1v) is 15.5. The van der Waals surface area contributed by atoms with Gasteiger partial charge in [0.1, 0.15) is 0 Å². The number of unbranched alkanes of at least 4 members (excludes halogenated alkanes) is 2. The van der Waals surface area contributed by atoms with Crippen LogP contribution in [0.2, 0.25) is 0 Å².